The molecule has 0 saturated heterocycles. The molecule has 0 aliphatic heterocycles. The van der Waals surface area contributed by atoms with Gasteiger partial charge in [-0.1, -0.05) is 20.8 Å². The number of halogens is 2. The first-order valence-corrected chi connectivity index (χ1v) is 8.20. The van der Waals surface area contributed by atoms with Crippen molar-refractivity contribution in [2.24, 2.45) is 17.3 Å². The molecule has 3 atom stereocenters. The predicted molar refractivity (Wildman–Crippen MR) is 81.9 cm³/mol. The van der Waals surface area contributed by atoms with Gasteiger partial charge in [-0.05, 0) is 48.8 Å². The molecule has 0 bridgehead atoms. The average molecular weight is 309 g/mol. The molecule has 1 aromatic carbocycles. The molecule has 2 rings (SSSR count). The SMILES string of the molecule is CC(C)(C)C1CCC(C#N)C(Sc2ccc(F)c(F)c2)C1. The van der Waals surface area contributed by atoms with Crippen LogP contribution in [-0.4, -0.2) is 5.25 Å². The van der Waals surface area contributed by atoms with Crippen molar-refractivity contribution >= 4 is 11.8 Å². The van der Waals surface area contributed by atoms with Crippen molar-refractivity contribution in [2.45, 2.75) is 50.2 Å². The van der Waals surface area contributed by atoms with E-state index in [1.165, 1.54) is 17.8 Å². The van der Waals surface area contributed by atoms with E-state index in [0.717, 1.165) is 25.3 Å². The molecule has 3 unspecified atom stereocenters. The molecule has 4 heteroatoms. The first kappa shape index (κ1) is 16.3. The number of nitriles is 1. The summed E-state index contributed by atoms with van der Waals surface area (Å²) in [5.41, 5.74) is 0.216. The molecule has 0 amide bonds. The van der Waals surface area contributed by atoms with Gasteiger partial charge < -0.3 is 0 Å². The van der Waals surface area contributed by atoms with Crippen molar-refractivity contribution < 1.29 is 8.78 Å². The first-order valence-electron chi connectivity index (χ1n) is 7.32. The predicted octanol–water partition coefficient (Wildman–Crippen LogP) is 5.41. The summed E-state index contributed by atoms with van der Waals surface area (Å²) in [5, 5.41) is 9.48. The van der Waals surface area contributed by atoms with Gasteiger partial charge in [-0.15, -0.1) is 11.8 Å². The normalized spacial score (nSPS) is 26.4. The van der Waals surface area contributed by atoms with Crippen LogP contribution in [0.1, 0.15) is 40.0 Å². The number of benzene rings is 1. The zero-order valence-corrected chi connectivity index (χ0v) is 13.5. The van der Waals surface area contributed by atoms with E-state index >= 15 is 0 Å². The number of rotatable bonds is 2. The Kier molecular flexibility index (Phi) is 4.93. The third kappa shape index (κ3) is 3.97. The molecule has 1 nitrogen and oxygen atoms in total. The van der Waals surface area contributed by atoms with Crippen LogP contribution in [0.25, 0.3) is 0 Å². The van der Waals surface area contributed by atoms with Crippen LogP contribution in [0.5, 0.6) is 0 Å². The van der Waals surface area contributed by atoms with E-state index in [4.69, 9.17) is 0 Å². The van der Waals surface area contributed by atoms with Gasteiger partial charge in [0.05, 0.1) is 12.0 Å². The van der Waals surface area contributed by atoms with Crippen molar-refractivity contribution in [3.63, 3.8) is 0 Å². The third-order valence-electron chi connectivity index (χ3n) is 4.36. The topological polar surface area (TPSA) is 23.8 Å². The van der Waals surface area contributed by atoms with Crippen LogP contribution in [0.4, 0.5) is 8.78 Å². The summed E-state index contributed by atoms with van der Waals surface area (Å²) in [6, 6.07) is 6.37. The summed E-state index contributed by atoms with van der Waals surface area (Å²) < 4.78 is 26.3. The highest BCUT2D eigenvalue weighted by molar-refractivity contribution is 8.00. The summed E-state index contributed by atoms with van der Waals surface area (Å²) in [7, 11) is 0. The molecule has 1 aliphatic carbocycles. The van der Waals surface area contributed by atoms with Crippen LogP contribution >= 0.6 is 11.8 Å². The minimum absolute atomic E-state index is 0.0123. The molecule has 21 heavy (non-hydrogen) atoms. The van der Waals surface area contributed by atoms with Gasteiger partial charge in [0.1, 0.15) is 0 Å². The molecule has 1 fully saturated rings. The zero-order chi connectivity index (χ0) is 15.6. The minimum atomic E-state index is -0.826. The smallest absolute Gasteiger partial charge is 0.159 e. The Labute approximate surface area is 129 Å². The lowest BCUT2D eigenvalue weighted by Crippen LogP contribution is -2.33. The Morgan fingerprint density at radius 1 is 1.19 bits per heavy atom. The van der Waals surface area contributed by atoms with Crippen molar-refractivity contribution in [1.29, 1.82) is 5.26 Å². The summed E-state index contributed by atoms with van der Waals surface area (Å²) in [6.45, 7) is 6.68. The van der Waals surface area contributed by atoms with E-state index in [9.17, 15) is 14.0 Å². The van der Waals surface area contributed by atoms with Gasteiger partial charge in [0, 0.05) is 10.1 Å². The molecular formula is C17H21F2NS. The Morgan fingerprint density at radius 3 is 2.48 bits per heavy atom. The van der Waals surface area contributed by atoms with Gasteiger partial charge in [-0.2, -0.15) is 5.26 Å². The molecule has 0 N–H and O–H groups in total. The van der Waals surface area contributed by atoms with E-state index in [0.29, 0.717) is 10.8 Å². The summed E-state index contributed by atoms with van der Waals surface area (Å²) in [5.74, 6) is -1.10. The van der Waals surface area contributed by atoms with Gasteiger partial charge >= 0.3 is 0 Å². The summed E-state index contributed by atoms with van der Waals surface area (Å²) in [4.78, 5) is 0.703. The molecule has 1 saturated carbocycles. The highest BCUT2D eigenvalue weighted by Crippen LogP contribution is 2.45. The van der Waals surface area contributed by atoms with Crippen LogP contribution in [0, 0.1) is 40.2 Å². The van der Waals surface area contributed by atoms with Gasteiger partial charge in [0.25, 0.3) is 0 Å². The lowest BCUT2D eigenvalue weighted by Gasteiger charge is -2.39. The van der Waals surface area contributed by atoms with E-state index in [1.807, 2.05) is 0 Å². The molecule has 1 aromatic rings. The van der Waals surface area contributed by atoms with Gasteiger partial charge in [-0.25, -0.2) is 8.78 Å². The van der Waals surface area contributed by atoms with Crippen molar-refractivity contribution in [3.8, 4) is 6.07 Å². The highest BCUT2D eigenvalue weighted by Gasteiger charge is 2.36. The Balaban J connectivity index is 2.14. The summed E-state index contributed by atoms with van der Waals surface area (Å²) >= 11 is 1.51. The highest BCUT2D eigenvalue weighted by atomic mass is 32.2. The van der Waals surface area contributed by atoms with Gasteiger partial charge in [0.2, 0.25) is 0 Å². The second-order valence-corrected chi connectivity index (χ2v) is 8.16. The second-order valence-electron chi connectivity index (χ2n) is 6.84. The number of hydrogen-bond acceptors (Lipinski definition) is 2. The Morgan fingerprint density at radius 2 is 1.90 bits per heavy atom. The van der Waals surface area contributed by atoms with Crippen LogP contribution in [0.2, 0.25) is 0 Å². The first-order chi connectivity index (χ1) is 9.81. The lowest BCUT2D eigenvalue weighted by molar-refractivity contribution is 0.169. The molecule has 0 heterocycles. The van der Waals surface area contributed by atoms with Gasteiger partial charge in [-0.3, -0.25) is 0 Å². The molecule has 0 spiro atoms. The standard InChI is InChI=1S/C17H21F2NS/c1-17(2,3)12-5-4-11(10-20)16(8-12)21-13-6-7-14(18)15(19)9-13/h6-7,9,11-12,16H,4-5,8H2,1-3H3. The molecule has 0 aromatic heterocycles. The second kappa shape index (κ2) is 6.36. The molecule has 114 valence electrons. The van der Waals surface area contributed by atoms with Crippen molar-refractivity contribution in [3.05, 3.63) is 29.8 Å². The largest absolute Gasteiger partial charge is 0.204 e. The van der Waals surface area contributed by atoms with E-state index in [-0.39, 0.29) is 16.6 Å². The van der Waals surface area contributed by atoms with E-state index in [1.54, 1.807) is 6.07 Å². The third-order valence-corrected chi connectivity index (χ3v) is 5.71. The van der Waals surface area contributed by atoms with Crippen molar-refractivity contribution in [1.82, 2.24) is 0 Å². The average Bonchev–Trinajstić information content (AvgIpc) is 2.42. The maximum absolute atomic E-state index is 13.3. The Hall–Kier alpha value is -1.08. The molecule has 1 aliphatic rings. The fourth-order valence-electron chi connectivity index (χ4n) is 2.92. The van der Waals surface area contributed by atoms with Gasteiger partial charge in [0.15, 0.2) is 11.6 Å². The van der Waals surface area contributed by atoms with Crippen LogP contribution < -0.4 is 0 Å². The van der Waals surface area contributed by atoms with Crippen LogP contribution in [-0.2, 0) is 0 Å². The quantitative estimate of drug-likeness (QED) is 0.729. The van der Waals surface area contributed by atoms with Crippen LogP contribution in [0.15, 0.2) is 23.1 Å². The number of nitrogens with zero attached hydrogens (tertiary/aromatic N) is 1. The lowest BCUT2D eigenvalue weighted by atomic mass is 9.70. The fraction of sp³-hybridized carbons (Fsp3) is 0.588. The molecule has 0 radical (unpaired) electrons. The van der Waals surface area contributed by atoms with Crippen molar-refractivity contribution in [2.75, 3.05) is 0 Å². The fourth-order valence-corrected chi connectivity index (χ4v) is 4.28. The monoisotopic (exact) mass is 309 g/mol. The molecular weight excluding hydrogens is 288 g/mol. The maximum Gasteiger partial charge on any atom is 0.159 e. The minimum Gasteiger partial charge on any atom is -0.204 e. The maximum atomic E-state index is 13.3. The van der Waals surface area contributed by atoms with Crippen LogP contribution in [0.3, 0.4) is 0 Å². The Bertz CT molecular complexity index is 545. The zero-order valence-electron chi connectivity index (χ0n) is 12.7. The number of hydrogen-bond donors (Lipinski definition) is 0. The van der Waals surface area contributed by atoms with E-state index < -0.39 is 11.6 Å². The van der Waals surface area contributed by atoms with E-state index in [2.05, 4.69) is 26.8 Å². The summed E-state index contributed by atoms with van der Waals surface area (Å²) in [6.07, 6.45) is 2.90. The number of thioether (sulfide) groups is 1.